The fourth-order valence-electron chi connectivity index (χ4n) is 2.71. The minimum Gasteiger partial charge on any atom is -0.434 e. The summed E-state index contributed by atoms with van der Waals surface area (Å²) in [5.41, 5.74) is 1.61. The smallest absolute Gasteiger partial charge is 0.387 e. The van der Waals surface area contributed by atoms with Crippen LogP contribution in [0.3, 0.4) is 0 Å². The highest BCUT2D eigenvalue weighted by molar-refractivity contribution is 5.86. The summed E-state index contributed by atoms with van der Waals surface area (Å²) in [5, 5.41) is 5.96. The lowest BCUT2D eigenvalue weighted by Crippen LogP contribution is -2.44. The van der Waals surface area contributed by atoms with E-state index in [9.17, 15) is 13.6 Å². The van der Waals surface area contributed by atoms with Gasteiger partial charge in [-0.05, 0) is 18.6 Å². The molecule has 2 aromatic carbocycles. The maximum atomic E-state index is 12.5. The number of carbonyl (C=O) groups is 1. The Balaban J connectivity index is 1.88. The average Bonchev–Trinajstić information content (AvgIpc) is 2.73. The Morgan fingerprint density at radius 3 is 2.45 bits per heavy atom. The number of ether oxygens (including phenoxy) is 1. The number of likely N-dealkylation sites (N-methyl/N-ethyl adjacent to an activating group) is 1. The zero-order valence-electron chi connectivity index (χ0n) is 16.6. The first-order chi connectivity index (χ1) is 14.0. The van der Waals surface area contributed by atoms with Crippen LogP contribution in [0.25, 0.3) is 0 Å². The number of rotatable bonds is 9. The van der Waals surface area contributed by atoms with Gasteiger partial charge in [0.05, 0.1) is 6.54 Å². The maximum absolute atomic E-state index is 12.5. The molecular formula is C21H26F2N4O2. The highest BCUT2D eigenvalue weighted by Gasteiger charge is 2.13. The van der Waals surface area contributed by atoms with Gasteiger partial charge in [-0.3, -0.25) is 9.79 Å². The second-order valence-electron chi connectivity index (χ2n) is 6.16. The molecule has 2 N–H and O–H groups in total. The molecule has 0 radical (unpaired) electrons. The molecule has 2 rings (SSSR count). The summed E-state index contributed by atoms with van der Waals surface area (Å²) < 4.78 is 29.6. The largest absolute Gasteiger partial charge is 0.434 e. The number of para-hydroxylation sites is 1. The quantitative estimate of drug-likeness (QED) is 0.498. The molecule has 0 saturated carbocycles. The molecule has 0 aliphatic rings. The van der Waals surface area contributed by atoms with E-state index in [1.165, 1.54) is 6.07 Å². The lowest BCUT2D eigenvalue weighted by molar-refractivity contribution is -0.130. The van der Waals surface area contributed by atoms with Crippen molar-refractivity contribution in [3.63, 3.8) is 0 Å². The van der Waals surface area contributed by atoms with E-state index in [4.69, 9.17) is 0 Å². The van der Waals surface area contributed by atoms with Crippen LogP contribution in [0.15, 0.2) is 59.6 Å². The lowest BCUT2D eigenvalue weighted by Gasteiger charge is -2.22. The molecule has 8 heteroatoms. The van der Waals surface area contributed by atoms with Crippen LogP contribution in [0, 0.1) is 0 Å². The van der Waals surface area contributed by atoms with Gasteiger partial charge in [-0.2, -0.15) is 8.78 Å². The Bertz CT molecular complexity index is 800. The first kappa shape index (κ1) is 22.1. The van der Waals surface area contributed by atoms with Gasteiger partial charge in [-0.1, -0.05) is 48.5 Å². The maximum Gasteiger partial charge on any atom is 0.387 e. The van der Waals surface area contributed by atoms with Crippen molar-refractivity contribution in [1.29, 1.82) is 0 Å². The lowest BCUT2D eigenvalue weighted by atomic mass is 10.2. The van der Waals surface area contributed by atoms with Crippen molar-refractivity contribution in [3.8, 4) is 5.75 Å². The van der Waals surface area contributed by atoms with E-state index in [0.29, 0.717) is 24.6 Å². The monoisotopic (exact) mass is 404 g/mol. The molecule has 0 saturated heterocycles. The van der Waals surface area contributed by atoms with Crippen LogP contribution < -0.4 is 15.4 Å². The summed E-state index contributed by atoms with van der Waals surface area (Å²) in [5.74, 6) is 0.420. The van der Waals surface area contributed by atoms with Gasteiger partial charge in [0.25, 0.3) is 0 Å². The van der Waals surface area contributed by atoms with Crippen LogP contribution in [0.4, 0.5) is 8.78 Å². The number of aliphatic imine (C=N–C) groups is 1. The Kier molecular flexibility index (Phi) is 8.88. The molecule has 0 atom stereocenters. The normalized spacial score (nSPS) is 11.3. The van der Waals surface area contributed by atoms with Crippen molar-refractivity contribution < 1.29 is 18.3 Å². The molecule has 1 amide bonds. The molecule has 0 aromatic heterocycles. The van der Waals surface area contributed by atoms with Crippen LogP contribution in [0.5, 0.6) is 5.75 Å². The minimum atomic E-state index is -2.89. The number of benzene rings is 2. The number of hydrogen-bond donors (Lipinski definition) is 2. The SMILES string of the molecule is CCN(Cc1ccccc1)C(=O)CNC(=NC)NCc1ccccc1OC(F)F. The van der Waals surface area contributed by atoms with Gasteiger partial charge in [0, 0.05) is 32.2 Å². The van der Waals surface area contributed by atoms with E-state index in [2.05, 4.69) is 20.4 Å². The van der Waals surface area contributed by atoms with Gasteiger partial charge in [0.2, 0.25) is 5.91 Å². The molecule has 0 bridgehead atoms. The second-order valence-corrected chi connectivity index (χ2v) is 6.16. The van der Waals surface area contributed by atoms with Crippen LogP contribution in [-0.4, -0.2) is 43.5 Å². The van der Waals surface area contributed by atoms with Gasteiger partial charge in [-0.15, -0.1) is 0 Å². The summed E-state index contributed by atoms with van der Waals surface area (Å²) in [4.78, 5) is 18.3. The summed E-state index contributed by atoms with van der Waals surface area (Å²) in [6.07, 6.45) is 0. The zero-order chi connectivity index (χ0) is 21.1. The number of alkyl halides is 2. The predicted molar refractivity (Wildman–Crippen MR) is 109 cm³/mol. The first-order valence-electron chi connectivity index (χ1n) is 9.32. The van der Waals surface area contributed by atoms with E-state index >= 15 is 0 Å². The van der Waals surface area contributed by atoms with Crippen molar-refractivity contribution >= 4 is 11.9 Å². The first-order valence-corrected chi connectivity index (χ1v) is 9.32. The molecule has 0 unspecified atom stereocenters. The zero-order valence-corrected chi connectivity index (χ0v) is 16.6. The van der Waals surface area contributed by atoms with Crippen LogP contribution in [0.2, 0.25) is 0 Å². The highest BCUT2D eigenvalue weighted by atomic mass is 19.3. The van der Waals surface area contributed by atoms with Crippen LogP contribution in [-0.2, 0) is 17.9 Å². The van der Waals surface area contributed by atoms with E-state index in [1.807, 2.05) is 37.3 Å². The fraction of sp³-hybridized carbons (Fsp3) is 0.333. The van der Waals surface area contributed by atoms with Crippen molar-refractivity contribution in [3.05, 3.63) is 65.7 Å². The Morgan fingerprint density at radius 1 is 1.10 bits per heavy atom. The highest BCUT2D eigenvalue weighted by Crippen LogP contribution is 2.19. The summed E-state index contributed by atoms with van der Waals surface area (Å²) in [6, 6.07) is 16.3. The van der Waals surface area contributed by atoms with Gasteiger partial charge >= 0.3 is 6.61 Å². The molecule has 0 aliphatic carbocycles. The molecular weight excluding hydrogens is 378 g/mol. The second kappa shape index (κ2) is 11.6. The van der Waals surface area contributed by atoms with Crippen molar-refractivity contribution in [2.75, 3.05) is 20.1 Å². The van der Waals surface area contributed by atoms with Crippen molar-refractivity contribution in [2.24, 2.45) is 4.99 Å². The van der Waals surface area contributed by atoms with Gasteiger partial charge in [-0.25, -0.2) is 0 Å². The van der Waals surface area contributed by atoms with E-state index in [-0.39, 0.29) is 24.7 Å². The summed E-state index contributed by atoms with van der Waals surface area (Å²) in [6.45, 7) is 0.430. The third kappa shape index (κ3) is 7.40. The summed E-state index contributed by atoms with van der Waals surface area (Å²) >= 11 is 0. The number of halogens is 2. The molecule has 156 valence electrons. The third-order valence-corrected chi connectivity index (χ3v) is 4.22. The predicted octanol–water partition coefficient (Wildman–Crippen LogP) is 3.00. The fourth-order valence-corrected chi connectivity index (χ4v) is 2.71. The number of nitrogens with zero attached hydrogens (tertiary/aromatic N) is 2. The Labute approximate surface area is 169 Å². The van der Waals surface area contributed by atoms with E-state index in [1.54, 1.807) is 30.1 Å². The van der Waals surface area contributed by atoms with Gasteiger partial charge in [0.15, 0.2) is 5.96 Å². The van der Waals surface area contributed by atoms with Gasteiger partial charge < -0.3 is 20.3 Å². The molecule has 0 spiro atoms. The van der Waals surface area contributed by atoms with Gasteiger partial charge in [0.1, 0.15) is 5.75 Å². The Morgan fingerprint density at radius 2 is 1.79 bits per heavy atom. The number of amides is 1. The number of nitrogens with one attached hydrogen (secondary N) is 2. The summed E-state index contributed by atoms with van der Waals surface area (Å²) in [7, 11) is 1.57. The molecule has 2 aromatic rings. The topological polar surface area (TPSA) is 66.0 Å². The number of carbonyl (C=O) groups excluding carboxylic acids is 1. The molecule has 0 aliphatic heterocycles. The molecule has 0 heterocycles. The third-order valence-electron chi connectivity index (χ3n) is 4.22. The Hall–Kier alpha value is -3.16. The molecule has 29 heavy (non-hydrogen) atoms. The van der Waals surface area contributed by atoms with E-state index in [0.717, 1.165) is 5.56 Å². The van der Waals surface area contributed by atoms with Crippen LogP contribution >= 0.6 is 0 Å². The van der Waals surface area contributed by atoms with E-state index < -0.39 is 6.61 Å². The van der Waals surface area contributed by atoms with Crippen molar-refractivity contribution in [2.45, 2.75) is 26.6 Å². The minimum absolute atomic E-state index is 0.0650. The van der Waals surface area contributed by atoms with Crippen LogP contribution in [0.1, 0.15) is 18.1 Å². The average molecular weight is 404 g/mol. The standard InChI is InChI=1S/C21H26F2N4O2/c1-3-27(15-16-9-5-4-6-10-16)19(28)14-26-21(24-2)25-13-17-11-7-8-12-18(17)29-20(22)23/h4-12,20H,3,13-15H2,1-2H3,(H2,24,25,26). The number of guanidine groups is 1. The number of hydrogen-bond acceptors (Lipinski definition) is 3. The molecule has 0 fully saturated rings. The molecule has 6 nitrogen and oxygen atoms in total. The van der Waals surface area contributed by atoms with Crippen molar-refractivity contribution in [1.82, 2.24) is 15.5 Å².